The number of rotatable bonds is 3. The van der Waals surface area contributed by atoms with Gasteiger partial charge in [0.2, 0.25) is 0 Å². The number of H-pyrrole nitrogens is 1. The van der Waals surface area contributed by atoms with Crippen molar-refractivity contribution >= 4 is 5.91 Å². The van der Waals surface area contributed by atoms with Gasteiger partial charge in [-0.15, -0.1) is 0 Å². The number of pyridine rings is 2. The maximum absolute atomic E-state index is 12.8. The standard InChI is InChI=1S/C19H23N3O2/c1-13-5-3-4-6-17(13)22(2)19(24)15-7-8-16(21-18(15)23)14-9-11-20-12-10-14/h7-13,17H,3-6H2,1-2H3,(H,21,23)/t13-,17+/m1/s1. The molecule has 2 aromatic heterocycles. The predicted octanol–water partition coefficient (Wildman–Crippen LogP) is 3.09. The van der Waals surface area contributed by atoms with Crippen LogP contribution < -0.4 is 5.56 Å². The van der Waals surface area contributed by atoms with Crippen LogP contribution in [0.3, 0.4) is 0 Å². The largest absolute Gasteiger partial charge is 0.338 e. The molecule has 2 heterocycles. The lowest BCUT2D eigenvalue weighted by Crippen LogP contribution is -2.44. The van der Waals surface area contributed by atoms with Gasteiger partial charge >= 0.3 is 0 Å². The molecule has 1 fully saturated rings. The van der Waals surface area contributed by atoms with Gasteiger partial charge in [0, 0.05) is 36.7 Å². The minimum absolute atomic E-state index is 0.198. The Morgan fingerprint density at radius 1 is 1.17 bits per heavy atom. The monoisotopic (exact) mass is 325 g/mol. The zero-order valence-electron chi connectivity index (χ0n) is 14.2. The van der Waals surface area contributed by atoms with Gasteiger partial charge < -0.3 is 9.88 Å². The average Bonchev–Trinajstić information content (AvgIpc) is 2.61. The maximum Gasteiger partial charge on any atom is 0.261 e. The fourth-order valence-electron chi connectivity index (χ4n) is 3.55. The van der Waals surface area contributed by atoms with E-state index in [1.54, 1.807) is 29.4 Å². The molecule has 24 heavy (non-hydrogen) atoms. The Balaban J connectivity index is 1.84. The van der Waals surface area contributed by atoms with Gasteiger partial charge in [-0.25, -0.2) is 0 Å². The molecule has 2 atom stereocenters. The molecule has 3 rings (SSSR count). The number of hydrogen-bond donors (Lipinski definition) is 1. The lowest BCUT2D eigenvalue weighted by molar-refractivity contribution is 0.0627. The Bertz CT molecular complexity index is 770. The van der Waals surface area contributed by atoms with E-state index in [9.17, 15) is 9.59 Å². The van der Waals surface area contributed by atoms with Crippen molar-refractivity contribution in [1.82, 2.24) is 14.9 Å². The zero-order chi connectivity index (χ0) is 17.1. The summed E-state index contributed by atoms with van der Waals surface area (Å²) in [5, 5.41) is 0. The van der Waals surface area contributed by atoms with Gasteiger partial charge in [-0.2, -0.15) is 0 Å². The highest BCUT2D eigenvalue weighted by atomic mass is 16.2. The minimum atomic E-state index is -0.343. The van der Waals surface area contributed by atoms with E-state index in [2.05, 4.69) is 16.9 Å². The van der Waals surface area contributed by atoms with Crippen LogP contribution in [0.5, 0.6) is 0 Å². The Morgan fingerprint density at radius 2 is 1.88 bits per heavy atom. The molecule has 0 spiro atoms. The number of nitrogens with one attached hydrogen (secondary N) is 1. The molecule has 0 aromatic carbocycles. The quantitative estimate of drug-likeness (QED) is 0.943. The average molecular weight is 325 g/mol. The van der Waals surface area contributed by atoms with Crippen molar-refractivity contribution < 1.29 is 4.79 Å². The fourth-order valence-corrected chi connectivity index (χ4v) is 3.55. The minimum Gasteiger partial charge on any atom is -0.338 e. The molecule has 0 saturated heterocycles. The number of amides is 1. The van der Waals surface area contributed by atoms with Crippen LogP contribution in [0.15, 0.2) is 41.5 Å². The van der Waals surface area contributed by atoms with Crippen LogP contribution in [0.25, 0.3) is 11.3 Å². The second-order valence-corrected chi connectivity index (χ2v) is 6.60. The molecular weight excluding hydrogens is 302 g/mol. The van der Waals surface area contributed by atoms with Gasteiger partial charge in [0.15, 0.2) is 0 Å². The third kappa shape index (κ3) is 3.25. The van der Waals surface area contributed by atoms with Crippen LogP contribution in [0.1, 0.15) is 43.0 Å². The molecule has 5 nitrogen and oxygen atoms in total. The Kier molecular flexibility index (Phi) is 4.79. The van der Waals surface area contributed by atoms with Gasteiger partial charge in [0.05, 0.1) is 0 Å². The van der Waals surface area contributed by atoms with Gasteiger partial charge in [-0.3, -0.25) is 14.6 Å². The smallest absolute Gasteiger partial charge is 0.261 e. The van der Waals surface area contributed by atoms with E-state index in [-0.39, 0.29) is 23.1 Å². The first-order chi connectivity index (χ1) is 11.6. The van der Waals surface area contributed by atoms with Crippen LogP contribution in [-0.2, 0) is 0 Å². The van der Waals surface area contributed by atoms with Crippen molar-refractivity contribution in [2.45, 2.75) is 38.6 Å². The second kappa shape index (κ2) is 6.99. The number of carbonyl (C=O) groups is 1. The fraction of sp³-hybridized carbons (Fsp3) is 0.421. The highest BCUT2D eigenvalue weighted by Crippen LogP contribution is 2.28. The SMILES string of the molecule is C[C@@H]1CCCC[C@@H]1N(C)C(=O)c1ccc(-c2ccncc2)[nH]c1=O. The van der Waals surface area contributed by atoms with Crippen LogP contribution in [0.2, 0.25) is 0 Å². The summed E-state index contributed by atoms with van der Waals surface area (Å²) in [6.45, 7) is 2.18. The van der Waals surface area contributed by atoms with Crippen LogP contribution in [-0.4, -0.2) is 33.9 Å². The molecule has 1 aliphatic rings. The molecule has 2 aromatic rings. The van der Waals surface area contributed by atoms with E-state index in [0.29, 0.717) is 11.6 Å². The van der Waals surface area contributed by atoms with Crippen LogP contribution in [0, 0.1) is 5.92 Å². The van der Waals surface area contributed by atoms with E-state index >= 15 is 0 Å². The van der Waals surface area contributed by atoms with E-state index in [4.69, 9.17) is 0 Å². The lowest BCUT2D eigenvalue weighted by Gasteiger charge is -2.36. The summed E-state index contributed by atoms with van der Waals surface area (Å²) in [5.41, 5.74) is 1.42. The number of nitrogens with zero attached hydrogens (tertiary/aromatic N) is 2. The summed E-state index contributed by atoms with van der Waals surface area (Å²) in [6.07, 6.45) is 7.86. The Labute approximate surface area is 141 Å². The van der Waals surface area contributed by atoms with Crippen molar-refractivity contribution in [2.75, 3.05) is 7.05 Å². The molecule has 0 bridgehead atoms. The molecule has 5 heteroatoms. The molecule has 0 aliphatic heterocycles. The third-order valence-corrected chi connectivity index (χ3v) is 5.02. The van der Waals surface area contributed by atoms with Gasteiger partial charge in [0.1, 0.15) is 5.56 Å². The summed E-state index contributed by atoms with van der Waals surface area (Å²) in [5.74, 6) is 0.277. The summed E-state index contributed by atoms with van der Waals surface area (Å²) in [7, 11) is 1.81. The predicted molar refractivity (Wildman–Crippen MR) is 93.8 cm³/mol. The van der Waals surface area contributed by atoms with Crippen LogP contribution in [0.4, 0.5) is 0 Å². The van der Waals surface area contributed by atoms with Crippen molar-refractivity contribution in [3.8, 4) is 11.3 Å². The summed E-state index contributed by atoms with van der Waals surface area (Å²) < 4.78 is 0. The summed E-state index contributed by atoms with van der Waals surface area (Å²) in [4.78, 5) is 33.7. The van der Waals surface area contributed by atoms with Gasteiger partial charge in [-0.1, -0.05) is 19.8 Å². The molecule has 0 unspecified atom stereocenters. The Hall–Kier alpha value is -2.43. The molecule has 1 saturated carbocycles. The van der Waals surface area contributed by atoms with Crippen molar-refractivity contribution in [3.63, 3.8) is 0 Å². The maximum atomic E-state index is 12.8. The van der Waals surface area contributed by atoms with E-state index < -0.39 is 0 Å². The van der Waals surface area contributed by atoms with E-state index in [1.807, 2.05) is 19.2 Å². The second-order valence-electron chi connectivity index (χ2n) is 6.60. The molecule has 0 radical (unpaired) electrons. The van der Waals surface area contributed by atoms with Crippen molar-refractivity contribution in [3.05, 3.63) is 52.6 Å². The topological polar surface area (TPSA) is 66.1 Å². The summed E-state index contributed by atoms with van der Waals surface area (Å²) >= 11 is 0. The number of hydrogen-bond acceptors (Lipinski definition) is 3. The first kappa shape index (κ1) is 16.4. The third-order valence-electron chi connectivity index (χ3n) is 5.02. The lowest BCUT2D eigenvalue weighted by atomic mass is 9.85. The molecule has 1 aliphatic carbocycles. The van der Waals surface area contributed by atoms with Gasteiger partial charge in [-0.05, 0) is 43.0 Å². The first-order valence-corrected chi connectivity index (χ1v) is 8.49. The molecule has 126 valence electrons. The van der Waals surface area contributed by atoms with E-state index in [1.165, 1.54) is 6.42 Å². The van der Waals surface area contributed by atoms with Crippen LogP contribution >= 0.6 is 0 Å². The normalized spacial score (nSPS) is 20.6. The first-order valence-electron chi connectivity index (χ1n) is 8.49. The van der Waals surface area contributed by atoms with E-state index in [0.717, 1.165) is 24.8 Å². The number of aromatic amines is 1. The van der Waals surface area contributed by atoms with Crippen molar-refractivity contribution in [1.29, 1.82) is 0 Å². The zero-order valence-corrected chi connectivity index (χ0v) is 14.2. The van der Waals surface area contributed by atoms with Crippen molar-refractivity contribution in [2.24, 2.45) is 5.92 Å². The summed E-state index contributed by atoms with van der Waals surface area (Å²) in [6, 6.07) is 7.26. The molecular formula is C19H23N3O2. The highest BCUT2D eigenvalue weighted by Gasteiger charge is 2.29. The highest BCUT2D eigenvalue weighted by molar-refractivity contribution is 5.94. The van der Waals surface area contributed by atoms with Gasteiger partial charge in [0.25, 0.3) is 11.5 Å². The number of carbonyl (C=O) groups excluding carboxylic acids is 1. The molecule has 1 N–H and O–H groups in total. The molecule has 1 amide bonds. The number of aromatic nitrogens is 2. The Morgan fingerprint density at radius 3 is 2.54 bits per heavy atom.